The van der Waals surface area contributed by atoms with Gasteiger partial charge in [0.05, 0.1) is 11.7 Å². The minimum absolute atomic E-state index is 0.0265. The van der Waals surface area contributed by atoms with Crippen molar-refractivity contribution in [1.29, 1.82) is 0 Å². The Balaban J connectivity index is 2.03. The van der Waals surface area contributed by atoms with E-state index in [4.69, 9.17) is 5.73 Å². The first-order valence-corrected chi connectivity index (χ1v) is 6.95. The summed E-state index contributed by atoms with van der Waals surface area (Å²) < 4.78 is 0. The Morgan fingerprint density at radius 1 is 1.10 bits per heavy atom. The lowest BCUT2D eigenvalue weighted by atomic mass is 10.0. The predicted octanol–water partition coefficient (Wildman–Crippen LogP) is 2.04. The number of likely N-dealkylation sites (N-methyl/N-ethyl adjacent to an activating group) is 1. The largest absolute Gasteiger partial charge is 0.326 e. The van der Waals surface area contributed by atoms with Crippen LogP contribution in [0.15, 0.2) is 48.8 Å². The molecule has 2 aromatic heterocycles. The van der Waals surface area contributed by atoms with Crippen LogP contribution in [0.2, 0.25) is 0 Å². The van der Waals surface area contributed by atoms with E-state index in [-0.39, 0.29) is 12.1 Å². The zero-order chi connectivity index (χ0) is 14.4. The fourth-order valence-corrected chi connectivity index (χ4v) is 2.42. The van der Waals surface area contributed by atoms with E-state index in [2.05, 4.69) is 28.0 Å². The van der Waals surface area contributed by atoms with Crippen molar-refractivity contribution in [2.24, 2.45) is 5.73 Å². The number of pyridine rings is 2. The minimum atomic E-state index is 0.0265. The molecule has 0 aliphatic heterocycles. The molecule has 2 aromatic rings. The summed E-state index contributed by atoms with van der Waals surface area (Å²) in [5, 5.41) is 0. The van der Waals surface area contributed by atoms with Gasteiger partial charge in [0.15, 0.2) is 0 Å². The van der Waals surface area contributed by atoms with Crippen molar-refractivity contribution in [3.05, 3.63) is 60.2 Å². The van der Waals surface area contributed by atoms with E-state index >= 15 is 0 Å². The number of nitrogens with two attached hydrogens (primary N) is 1. The maximum absolute atomic E-state index is 6.14. The molecule has 0 aliphatic rings. The van der Waals surface area contributed by atoms with E-state index in [1.165, 1.54) is 0 Å². The topological polar surface area (TPSA) is 55.0 Å². The van der Waals surface area contributed by atoms with Crippen molar-refractivity contribution >= 4 is 0 Å². The summed E-state index contributed by atoms with van der Waals surface area (Å²) in [6, 6.07) is 12.1. The van der Waals surface area contributed by atoms with Gasteiger partial charge in [-0.2, -0.15) is 0 Å². The standard InChI is InChI=1S/C16H22N4/c1-13(17)16(15-8-4-6-11-19-15)20(2)12-9-14-7-3-5-10-18-14/h3-8,10-11,13,16H,9,12,17H2,1-2H3. The Morgan fingerprint density at radius 2 is 1.80 bits per heavy atom. The van der Waals surface area contributed by atoms with Gasteiger partial charge in [-0.25, -0.2) is 0 Å². The molecule has 0 amide bonds. The SMILES string of the molecule is CC(N)C(c1ccccn1)N(C)CCc1ccccn1. The van der Waals surface area contributed by atoms with Gasteiger partial charge in [-0.15, -0.1) is 0 Å². The third-order valence-corrected chi connectivity index (χ3v) is 3.41. The second-order valence-corrected chi connectivity index (χ2v) is 5.11. The highest BCUT2D eigenvalue weighted by Gasteiger charge is 2.21. The fourth-order valence-electron chi connectivity index (χ4n) is 2.42. The molecule has 0 aliphatic carbocycles. The van der Waals surface area contributed by atoms with Crippen LogP contribution in [0.1, 0.15) is 24.4 Å². The van der Waals surface area contributed by atoms with Crippen molar-refractivity contribution in [3.63, 3.8) is 0 Å². The monoisotopic (exact) mass is 270 g/mol. The third kappa shape index (κ3) is 3.85. The second kappa shape index (κ2) is 7.12. The number of aromatic nitrogens is 2. The summed E-state index contributed by atoms with van der Waals surface area (Å²) in [6.07, 6.45) is 4.56. The van der Waals surface area contributed by atoms with Crippen LogP contribution in [-0.2, 0) is 6.42 Å². The van der Waals surface area contributed by atoms with Gasteiger partial charge in [-0.3, -0.25) is 14.9 Å². The maximum Gasteiger partial charge on any atom is 0.0668 e. The number of hydrogen-bond donors (Lipinski definition) is 1. The highest BCUT2D eigenvalue weighted by molar-refractivity contribution is 5.11. The Kier molecular flexibility index (Phi) is 5.21. The average Bonchev–Trinajstić information content (AvgIpc) is 2.47. The lowest BCUT2D eigenvalue weighted by Crippen LogP contribution is -2.38. The molecule has 0 saturated heterocycles. The quantitative estimate of drug-likeness (QED) is 0.872. The molecule has 0 spiro atoms. The van der Waals surface area contributed by atoms with Gasteiger partial charge in [0, 0.05) is 37.1 Å². The van der Waals surface area contributed by atoms with Gasteiger partial charge >= 0.3 is 0 Å². The van der Waals surface area contributed by atoms with Crippen LogP contribution in [0.3, 0.4) is 0 Å². The summed E-state index contributed by atoms with van der Waals surface area (Å²) in [5.74, 6) is 0. The number of nitrogens with zero attached hydrogens (tertiary/aromatic N) is 3. The fraction of sp³-hybridized carbons (Fsp3) is 0.375. The Bertz CT molecular complexity index is 498. The molecule has 4 heteroatoms. The normalized spacial score (nSPS) is 14.2. The van der Waals surface area contributed by atoms with E-state index in [0.29, 0.717) is 0 Å². The van der Waals surface area contributed by atoms with Crippen LogP contribution >= 0.6 is 0 Å². The molecule has 2 rings (SSSR count). The molecule has 2 N–H and O–H groups in total. The maximum atomic E-state index is 6.14. The van der Waals surface area contributed by atoms with E-state index < -0.39 is 0 Å². The lowest BCUT2D eigenvalue weighted by Gasteiger charge is -2.30. The van der Waals surface area contributed by atoms with Crippen molar-refractivity contribution in [2.75, 3.05) is 13.6 Å². The van der Waals surface area contributed by atoms with Gasteiger partial charge in [0.25, 0.3) is 0 Å². The smallest absolute Gasteiger partial charge is 0.0668 e. The molecular weight excluding hydrogens is 248 g/mol. The first-order chi connectivity index (χ1) is 9.68. The van der Waals surface area contributed by atoms with Gasteiger partial charge < -0.3 is 5.73 Å². The number of rotatable bonds is 6. The van der Waals surface area contributed by atoms with Crippen LogP contribution in [0, 0.1) is 0 Å². The summed E-state index contributed by atoms with van der Waals surface area (Å²) in [5.41, 5.74) is 8.26. The summed E-state index contributed by atoms with van der Waals surface area (Å²) in [4.78, 5) is 11.0. The predicted molar refractivity (Wildman–Crippen MR) is 81.2 cm³/mol. The molecular formula is C16H22N4. The zero-order valence-corrected chi connectivity index (χ0v) is 12.1. The first kappa shape index (κ1) is 14.6. The molecule has 0 bridgehead atoms. The van der Waals surface area contributed by atoms with Crippen molar-refractivity contribution in [1.82, 2.24) is 14.9 Å². The van der Waals surface area contributed by atoms with Crippen molar-refractivity contribution in [3.8, 4) is 0 Å². The molecule has 2 unspecified atom stereocenters. The van der Waals surface area contributed by atoms with E-state index in [9.17, 15) is 0 Å². The molecule has 0 aromatic carbocycles. The molecule has 4 nitrogen and oxygen atoms in total. The van der Waals surface area contributed by atoms with Crippen LogP contribution in [0.25, 0.3) is 0 Å². The van der Waals surface area contributed by atoms with Crippen LogP contribution in [0.4, 0.5) is 0 Å². The van der Waals surface area contributed by atoms with Crippen LogP contribution < -0.4 is 5.73 Å². The highest BCUT2D eigenvalue weighted by Crippen LogP contribution is 2.20. The average molecular weight is 270 g/mol. The third-order valence-electron chi connectivity index (χ3n) is 3.41. The van der Waals surface area contributed by atoms with Crippen LogP contribution in [-0.4, -0.2) is 34.5 Å². The molecule has 106 valence electrons. The molecule has 0 radical (unpaired) electrons. The van der Waals surface area contributed by atoms with E-state index in [1.807, 2.05) is 49.6 Å². The molecule has 20 heavy (non-hydrogen) atoms. The Hall–Kier alpha value is -1.78. The first-order valence-electron chi connectivity index (χ1n) is 6.95. The second-order valence-electron chi connectivity index (χ2n) is 5.11. The van der Waals surface area contributed by atoms with Crippen LogP contribution in [0.5, 0.6) is 0 Å². The highest BCUT2D eigenvalue weighted by atomic mass is 15.2. The molecule has 0 saturated carbocycles. The molecule has 0 fully saturated rings. The van der Waals surface area contributed by atoms with E-state index in [1.54, 1.807) is 0 Å². The summed E-state index contributed by atoms with van der Waals surface area (Å²) >= 11 is 0. The Morgan fingerprint density at radius 3 is 2.35 bits per heavy atom. The van der Waals surface area contributed by atoms with Crippen molar-refractivity contribution in [2.45, 2.75) is 25.4 Å². The zero-order valence-electron chi connectivity index (χ0n) is 12.1. The number of hydrogen-bond acceptors (Lipinski definition) is 4. The summed E-state index contributed by atoms with van der Waals surface area (Å²) in [6.45, 7) is 2.93. The molecule has 2 atom stereocenters. The van der Waals surface area contributed by atoms with Crippen molar-refractivity contribution < 1.29 is 0 Å². The van der Waals surface area contributed by atoms with Gasteiger partial charge in [0.1, 0.15) is 0 Å². The minimum Gasteiger partial charge on any atom is -0.326 e. The van der Waals surface area contributed by atoms with Gasteiger partial charge in [-0.05, 0) is 38.2 Å². The van der Waals surface area contributed by atoms with Gasteiger partial charge in [0.2, 0.25) is 0 Å². The molecule has 2 heterocycles. The van der Waals surface area contributed by atoms with Gasteiger partial charge in [-0.1, -0.05) is 12.1 Å². The van der Waals surface area contributed by atoms with E-state index in [0.717, 1.165) is 24.4 Å². The lowest BCUT2D eigenvalue weighted by molar-refractivity contribution is 0.216. The Labute approximate surface area is 120 Å². The summed E-state index contributed by atoms with van der Waals surface area (Å²) in [7, 11) is 2.09.